The predicted octanol–water partition coefficient (Wildman–Crippen LogP) is 2.51. The van der Waals surface area contributed by atoms with E-state index in [4.69, 9.17) is 0 Å². The molecule has 1 fully saturated rings. The highest BCUT2D eigenvalue weighted by atomic mass is 16.2. The van der Waals surface area contributed by atoms with Gasteiger partial charge >= 0.3 is 0 Å². The minimum absolute atomic E-state index is 0.134. The summed E-state index contributed by atoms with van der Waals surface area (Å²) in [7, 11) is 3.66. The van der Waals surface area contributed by atoms with Gasteiger partial charge in [-0.25, -0.2) is 0 Å². The molecule has 0 radical (unpaired) electrons. The smallest absolute Gasteiger partial charge is 0.244 e. The van der Waals surface area contributed by atoms with E-state index >= 15 is 0 Å². The normalized spacial score (nSPS) is 16.4. The predicted molar refractivity (Wildman–Crippen MR) is 108 cm³/mol. The van der Waals surface area contributed by atoms with Crippen molar-refractivity contribution in [1.29, 1.82) is 0 Å². The lowest BCUT2D eigenvalue weighted by Crippen LogP contribution is -2.51. The SMILES string of the molecule is CN(C)C(=O)[C@H](c1ccccc1)N1CCN(c2ccc3[nH]ncc3c2)CC1. The van der Waals surface area contributed by atoms with Crippen LogP contribution in [0.1, 0.15) is 11.6 Å². The molecule has 1 aliphatic rings. The summed E-state index contributed by atoms with van der Waals surface area (Å²) in [5.41, 5.74) is 3.32. The van der Waals surface area contributed by atoms with Gasteiger partial charge in [-0.05, 0) is 23.8 Å². The summed E-state index contributed by atoms with van der Waals surface area (Å²) in [5, 5.41) is 8.22. The Morgan fingerprint density at radius 3 is 2.52 bits per heavy atom. The highest BCUT2D eigenvalue weighted by Crippen LogP contribution is 2.27. The van der Waals surface area contributed by atoms with Crippen LogP contribution >= 0.6 is 0 Å². The Bertz CT molecular complexity index is 912. The third-order valence-corrected chi connectivity index (χ3v) is 5.26. The van der Waals surface area contributed by atoms with E-state index in [9.17, 15) is 4.79 Å². The molecule has 3 aromatic rings. The second-order valence-corrected chi connectivity index (χ2v) is 7.21. The van der Waals surface area contributed by atoms with Gasteiger partial charge < -0.3 is 9.80 Å². The second kappa shape index (κ2) is 7.40. The Labute approximate surface area is 159 Å². The molecule has 0 spiro atoms. The first kappa shape index (κ1) is 17.5. The molecule has 27 heavy (non-hydrogen) atoms. The number of H-pyrrole nitrogens is 1. The molecule has 0 saturated carbocycles. The van der Waals surface area contributed by atoms with Gasteiger partial charge in [0.15, 0.2) is 0 Å². The molecule has 0 unspecified atom stereocenters. The van der Waals surface area contributed by atoms with Crippen LogP contribution in [0.3, 0.4) is 0 Å². The number of nitrogens with zero attached hydrogens (tertiary/aromatic N) is 4. The second-order valence-electron chi connectivity index (χ2n) is 7.21. The Hall–Kier alpha value is -2.86. The number of nitrogens with one attached hydrogen (secondary N) is 1. The van der Waals surface area contributed by atoms with E-state index in [1.54, 1.807) is 4.90 Å². The lowest BCUT2D eigenvalue weighted by Gasteiger charge is -2.40. The van der Waals surface area contributed by atoms with Gasteiger partial charge in [-0.1, -0.05) is 30.3 Å². The molecule has 6 nitrogen and oxygen atoms in total. The number of anilines is 1. The van der Waals surface area contributed by atoms with Crippen molar-refractivity contribution in [2.45, 2.75) is 6.04 Å². The highest BCUT2D eigenvalue weighted by Gasteiger charge is 2.31. The maximum atomic E-state index is 12.9. The molecule has 1 atom stereocenters. The molecule has 1 N–H and O–H groups in total. The zero-order valence-corrected chi connectivity index (χ0v) is 15.8. The minimum Gasteiger partial charge on any atom is -0.369 e. The maximum absolute atomic E-state index is 12.9. The summed E-state index contributed by atoms with van der Waals surface area (Å²) in [5.74, 6) is 0.134. The van der Waals surface area contributed by atoms with Crippen LogP contribution in [-0.2, 0) is 4.79 Å². The van der Waals surface area contributed by atoms with Crippen molar-refractivity contribution in [3.63, 3.8) is 0 Å². The van der Waals surface area contributed by atoms with Crippen LogP contribution in [0.5, 0.6) is 0 Å². The van der Waals surface area contributed by atoms with Crippen molar-refractivity contribution in [1.82, 2.24) is 20.0 Å². The van der Waals surface area contributed by atoms with Gasteiger partial charge in [-0.2, -0.15) is 5.10 Å². The maximum Gasteiger partial charge on any atom is 0.244 e. The lowest BCUT2D eigenvalue weighted by molar-refractivity contribution is -0.134. The number of hydrogen-bond acceptors (Lipinski definition) is 4. The molecule has 1 amide bonds. The van der Waals surface area contributed by atoms with Crippen molar-refractivity contribution in [2.75, 3.05) is 45.2 Å². The van der Waals surface area contributed by atoms with Crippen molar-refractivity contribution in [3.8, 4) is 0 Å². The number of amides is 1. The van der Waals surface area contributed by atoms with Crippen LogP contribution in [-0.4, -0.2) is 66.2 Å². The fourth-order valence-corrected chi connectivity index (χ4v) is 3.75. The number of fused-ring (bicyclic) bond motifs is 1. The van der Waals surface area contributed by atoms with Crippen LogP contribution in [0.15, 0.2) is 54.7 Å². The van der Waals surface area contributed by atoms with Gasteiger partial charge in [0, 0.05) is 51.3 Å². The summed E-state index contributed by atoms with van der Waals surface area (Å²) in [6.07, 6.45) is 1.86. The standard InChI is InChI=1S/C21H25N5O/c1-24(2)21(27)20(16-6-4-3-5-7-16)26-12-10-25(11-13-26)18-8-9-19-17(14-18)15-22-23-19/h3-9,14-15,20H,10-13H2,1-2H3,(H,22,23)/t20-/m0/s1. The average Bonchev–Trinajstić information content (AvgIpc) is 3.17. The molecule has 2 aromatic carbocycles. The van der Waals surface area contributed by atoms with Crippen LogP contribution in [0, 0.1) is 0 Å². The van der Waals surface area contributed by atoms with E-state index in [2.05, 4.69) is 38.2 Å². The Balaban J connectivity index is 1.51. The van der Waals surface area contributed by atoms with Gasteiger partial charge in [0.2, 0.25) is 5.91 Å². The van der Waals surface area contributed by atoms with Crippen LogP contribution in [0.25, 0.3) is 10.9 Å². The van der Waals surface area contributed by atoms with E-state index in [1.807, 2.05) is 50.6 Å². The molecule has 0 aliphatic carbocycles. The summed E-state index contributed by atoms with van der Waals surface area (Å²) >= 11 is 0. The molecule has 4 rings (SSSR count). The third-order valence-electron chi connectivity index (χ3n) is 5.26. The van der Waals surface area contributed by atoms with Gasteiger partial charge in [0.25, 0.3) is 0 Å². The monoisotopic (exact) mass is 363 g/mol. The third kappa shape index (κ3) is 3.53. The van der Waals surface area contributed by atoms with Crippen molar-refractivity contribution in [3.05, 3.63) is 60.3 Å². The largest absolute Gasteiger partial charge is 0.369 e. The fourth-order valence-electron chi connectivity index (χ4n) is 3.75. The first-order valence-electron chi connectivity index (χ1n) is 9.32. The zero-order chi connectivity index (χ0) is 18.8. The first-order chi connectivity index (χ1) is 13.1. The van der Waals surface area contributed by atoms with Crippen LogP contribution < -0.4 is 4.90 Å². The van der Waals surface area contributed by atoms with Crippen molar-refractivity contribution >= 4 is 22.5 Å². The van der Waals surface area contributed by atoms with Gasteiger partial charge in [0.05, 0.1) is 11.7 Å². The number of aromatic amines is 1. The Morgan fingerprint density at radius 2 is 1.81 bits per heavy atom. The van der Waals surface area contributed by atoms with Gasteiger partial charge in [-0.15, -0.1) is 0 Å². The molecular weight excluding hydrogens is 338 g/mol. The molecule has 2 heterocycles. The zero-order valence-electron chi connectivity index (χ0n) is 15.8. The highest BCUT2D eigenvalue weighted by molar-refractivity contribution is 5.83. The lowest BCUT2D eigenvalue weighted by atomic mass is 10.0. The van der Waals surface area contributed by atoms with E-state index in [0.717, 1.165) is 42.6 Å². The summed E-state index contributed by atoms with van der Waals surface area (Å²) in [6.45, 7) is 3.49. The molecule has 6 heteroatoms. The number of rotatable bonds is 4. The minimum atomic E-state index is -0.222. The molecule has 1 aromatic heterocycles. The summed E-state index contributed by atoms with van der Waals surface area (Å²) < 4.78 is 0. The summed E-state index contributed by atoms with van der Waals surface area (Å²) in [4.78, 5) is 19.2. The van der Waals surface area contributed by atoms with Crippen LogP contribution in [0.2, 0.25) is 0 Å². The topological polar surface area (TPSA) is 55.5 Å². The molecular formula is C21H25N5O. The Morgan fingerprint density at radius 1 is 1.07 bits per heavy atom. The molecule has 0 bridgehead atoms. The number of carbonyl (C=O) groups excluding carboxylic acids is 1. The fraction of sp³-hybridized carbons (Fsp3) is 0.333. The molecule has 1 saturated heterocycles. The molecule has 1 aliphatic heterocycles. The number of carbonyl (C=O) groups is 1. The van der Waals surface area contributed by atoms with E-state index in [-0.39, 0.29) is 11.9 Å². The van der Waals surface area contributed by atoms with Crippen LogP contribution in [0.4, 0.5) is 5.69 Å². The molecule has 140 valence electrons. The number of benzene rings is 2. The van der Waals surface area contributed by atoms with Gasteiger partial charge in [-0.3, -0.25) is 14.8 Å². The Kier molecular flexibility index (Phi) is 4.81. The first-order valence-corrected chi connectivity index (χ1v) is 9.32. The van der Waals surface area contributed by atoms with Crippen molar-refractivity contribution in [2.24, 2.45) is 0 Å². The average molecular weight is 363 g/mol. The van der Waals surface area contributed by atoms with E-state index in [0.29, 0.717) is 0 Å². The van der Waals surface area contributed by atoms with Crippen molar-refractivity contribution < 1.29 is 4.79 Å². The number of aromatic nitrogens is 2. The number of likely N-dealkylation sites (N-methyl/N-ethyl adjacent to an activating group) is 1. The quantitative estimate of drug-likeness (QED) is 0.774. The summed E-state index contributed by atoms with van der Waals surface area (Å²) in [6, 6.07) is 16.3. The number of hydrogen-bond donors (Lipinski definition) is 1. The van der Waals surface area contributed by atoms with Gasteiger partial charge in [0.1, 0.15) is 6.04 Å². The van der Waals surface area contributed by atoms with E-state index in [1.165, 1.54) is 5.69 Å². The van der Waals surface area contributed by atoms with E-state index < -0.39 is 0 Å². The number of piperazine rings is 1.